The summed E-state index contributed by atoms with van der Waals surface area (Å²) >= 11 is 5.79. The van der Waals surface area contributed by atoms with Crippen LogP contribution in [-0.2, 0) is 16.0 Å². The van der Waals surface area contributed by atoms with Crippen LogP contribution in [0.2, 0.25) is 5.02 Å². The van der Waals surface area contributed by atoms with Crippen molar-refractivity contribution in [3.8, 4) is 0 Å². The molecule has 1 amide bonds. The minimum Gasteiger partial charge on any atom is -0.481 e. The van der Waals surface area contributed by atoms with Crippen molar-refractivity contribution in [3.63, 3.8) is 0 Å². The average molecular weight is 296 g/mol. The lowest BCUT2D eigenvalue weighted by molar-refractivity contribution is -0.144. The van der Waals surface area contributed by atoms with Crippen molar-refractivity contribution < 1.29 is 14.7 Å². The number of nitrogens with one attached hydrogen (secondary N) is 1. The Morgan fingerprint density at radius 1 is 1.20 bits per heavy atom. The summed E-state index contributed by atoms with van der Waals surface area (Å²) in [6, 6.07) is 6.84. The zero-order chi connectivity index (χ0) is 14.5. The maximum Gasteiger partial charge on any atom is 0.308 e. The lowest BCUT2D eigenvalue weighted by Crippen LogP contribution is -2.45. The first kappa shape index (κ1) is 14.9. The first-order valence-corrected chi connectivity index (χ1v) is 7.20. The fraction of sp³-hybridized carbons (Fsp3) is 0.467. The van der Waals surface area contributed by atoms with Crippen LogP contribution in [0.3, 0.4) is 0 Å². The number of carboxylic acids is 1. The smallest absolute Gasteiger partial charge is 0.308 e. The summed E-state index contributed by atoms with van der Waals surface area (Å²) in [4.78, 5) is 23.2. The number of carboxylic acid groups (broad SMARTS) is 1. The topological polar surface area (TPSA) is 66.4 Å². The Morgan fingerprint density at radius 2 is 1.85 bits per heavy atom. The molecule has 0 aromatic heterocycles. The molecule has 1 aromatic carbocycles. The van der Waals surface area contributed by atoms with Crippen molar-refractivity contribution in [2.45, 2.75) is 38.1 Å². The number of rotatable bonds is 4. The van der Waals surface area contributed by atoms with Crippen LogP contribution in [0.4, 0.5) is 0 Å². The zero-order valence-corrected chi connectivity index (χ0v) is 11.9. The molecule has 1 aliphatic rings. The van der Waals surface area contributed by atoms with Gasteiger partial charge in [0.15, 0.2) is 0 Å². The van der Waals surface area contributed by atoms with E-state index in [0.717, 1.165) is 24.8 Å². The lowest BCUT2D eigenvalue weighted by atomic mass is 9.84. The van der Waals surface area contributed by atoms with Gasteiger partial charge in [-0.05, 0) is 30.5 Å². The van der Waals surface area contributed by atoms with E-state index in [1.807, 2.05) is 0 Å². The fourth-order valence-corrected chi connectivity index (χ4v) is 2.77. The minimum absolute atomic E-state index is 0.134. The number of hydrogen-bond acceptors (Lipinski definition) is 2. The van der Waals surface area contributed by atoms with E-state index in [0.29, 0.717) is 11.4 Å². The summed E-state index contributed by atoms with van der Waals surface area (Å²) in [5, 5.41) is 12.7. The van der Waals surface area contributed by atoms with Gasteiger partial charge in [0.05, 0.1) is 12.3 Å². The number of carbonyl (C=O) groups is 2. The Balaban J connectivity index is 1.92. The number of benzene rings is 1. The summed E-state index contributed by atoms with van der Waals surface area (Å²) in [6.07, 6.45) is 3.51. The molecular formula is C15H18ClNO3. The number of aliphatic carboxylic acids is 1. The van der Waals surface area contributed by atoms with E-state index in [4.69, 9.17) is 11.6 Å². The second-order valence-electron chi connectivity index (χ2n) is 5.21. The number of carbonyl (C=O) groups excluding carboxylic acids is 1. The lowest BCUT2D eigenvalue weighted by Gasteiger charge is -2.29. The van der Waals surface area contributed by atoms with Gasteiger partial charge in [0, 0.05) is 11.1 Å². The molecule has 0 heterocycles. The Kier molecular flexibility index (Phi) is 5.01. The molecule has 1 saturated carbocycles. The van der Waals surface area contributed by atoms with E-state index < -0.39 is 11.9 Å². The molecule has 0 bridgehead atoms. The van der Waals surface area contributed by atoms with Gasteiger partial charge < -0.3 is 10.4 Å². The molecule has 0 spiro atoms. The Morgan fingerprint density at radius 3 is 2.50 bits per heavy atom. The molecule has 108 valence electrons. The number of amides is 1. The first-order chi connectivity index (χ1) is 9.56. The second kappa shape index (κ2) is 6.75. The normalized spacial score (nSPS) is 22.2. The van der Waals surface area contributed by atoms with Crippen LogP contribution in [0.25, 0.3) is 0 Å². The molecule has 0 aliphatic heterocycles. The third-order valence-corrected chi connectivity index (χ3v) is 3.96. The van der Waals surface area contributed by atoms with Crippen molar-refractivity contribution >= 4 is 23.5 Å². The van der Waals surface area contributed by atoms with E-state index in [9.17, 15) is 14.7 Å². The van der Waals surface area contributed by atoms with Crippen molar-refractivity contribution in [2.24, 2.45) is 5.92 Å². The van der Waals surface area contributed by atoms with Crippen molar-refractivity contribution in [1.82, 2.24) is 5.32 Å². The van der Waals surface area contributed by atoms with Crippen LogP contribution in [0.5, 0.6) is 0 Å². The zero-order valence-electron chi connectivity index (χ0n) is 11.1. The third kappa shape index (κ3) is 3.97. The van der Waals surface area contributed by atoms with Gasteiger partial charge in [-0.15, -0.1) is 0 Å². The molecule has 0 radical (unpaired) electrons. The molecule has 1 aliphatic carbocycles. The Labute approximate surface area is 123 Å². The molecule has 5 heteroatoms. The van der Waals surface area contributed by atoms with Crippen LogP contribution in [0.1, 0.15) is 31.2 Å². The van der Waals surface area contributed by atoms with Gasteiger partial charge in [-0.25, -0.2) is 0 Å². The SMILES string of the molecule is O=C(Cc1ccc(Cl)cc1)N[C@@H]1CCCC[C@@H]1C(=O)O. The maximum atomic E-state index is 12.0. The molecule has 0 saturated heterocycles. The highest BCUT2D eigenvalue weighted by atomic mass is 35.5. The summed E-state index contributed by atoms with van der Waals surface area (Å²) in [5.74, 6) is -1.41. The quantitative estimate of drug-likeness (QED) is 0.897. The summed E-state index contributed by atoms with van der Waals surface area (Å²) in [5.41, 5.74) is 0.870. The molecular weight excluding hydrogens is 278 g/mol. The van der Waals surface area contributed by atoms with Gasteiger partial charge in [-0.3, -0.25) is 9.59 Å². The maximum absolute atomic E-state index is 12.0. The highest BCUT2D eigenvalue weighted by Crippen LogP contribution is 2.24. The highest BCUT2D eigenvalue weighted by Gasteiger charge is 2.31. The first-order valence-electron chi connectivity index (χ1n) is 6.83. The molecule has 20 heavy (non-hydrogen) atoms. The van der Waals surface area contributed by atoms with Gasteiger partial charge in [-0.2, -0.15) is 0 Å². The van der Waals surface area contributed by atoms with E-state index in [2.05, 4.69) is 5.32 Å². The predicted molar refractivity (Wildman–Crippen MR) is 76.7 cm³/mol. The molecule has 1 fully saturated rings. The van der Waals surface area contributed by atoms with Crippen LogP contribution in [0, 0.1) is 5.92 Å². The van der Waals surface area contributed by atoms with E-state index >= 15 is 0 Å². The Bertz CT molecular complexity index is 486. The number of halogens is 1. The van der Waals surface area contributed by atoms with Gasteiger partial charge in [-0.1, -0.05) is 36.6 Å². The highest BCUT2D eigenvalue weighted by molar-refractivity contribution is 6.30. The van der Waals surface area contributed by atoms with E-state index in [-0.39, 0.29) is 18.4 Å². The summed E-state index contributed by atoms with van der Waals surface area (Å²) < 4.78 is 0. The molecule has 2 rings (SSSR count). The van der Waals surface area contributed by atoms with E-state index in [1.54, 1.807) is 24.3 Å². The van der Waals surface area contributed by atoms with Crippen LogP contribution >= 0.6 is 11.6 Å². The molecule has 4 nitrogen and oxygen atoms in total. The van der Waals surface area contributed by atoms with Gasteiger partial charge in [0.2, 0.25) is 5.91 Å². The van der Waals surface area contributed by atoms with Crippen LogP contribution < -0.4 is 5.32 Å². The van der Waals surface area contributed by atoms with E-state index in [1.165, 1.54) is 0 Å². The Hall–Kier alpha value is -1.55. The van der Waals surface area contributed by atoms with Crippen LogP contribution in [-0.4, -0.2) is 23.0 Å². The predicted octanol–water partition coefficient (Wildman–Crippen LogP) is 2.64. The van der Waals surface area contributed by atoms with Gasteiger partial charge in [0.25, 0.3) is 0 Å². The largest absolute Gasteiger partial charge is 0.481 e. The molecule has 0 unspecified atom stereocenters. The molecule has 2 atom stereocenters. The monoisotopic (exact) mass is 295 g/mol. The second-order valence-corrected chi connectivity index (χ2v) is 5.64. The summed E-state index contributed by atoms with van der Waals surface area (Å²) in [7, 11) is 0. The number of hydrogen-bond donors (Lipinski definition) is 2. The standard InChI is InChI=1S/C15H18ClNO3/c16-11-7-5-10(6-8-11)9-14(18)17-13-4-2-1-3-12(13)15(19)20/h5-8,12-13H,1-4,9H2,(H,17,18)(H,19,20)/t12-,13+/m0/s1. The third-order valence-electron chi connectivity index (χ3n) is 3.71. The van der Waals surface area contributed by atoms with Crippen molar-refractivity contribution in [3.05, 3.63) is 34.9 Å². The van der Waals surface area contributed by atoms with Crippen molar-refractivity contribution in [1.29, 1.82) is 0 Å². The molecule has 2 N–H and O–H groups in total. The van der Waals surface area contributed by atoms with Gasteiger partial charge >= 0.3 is 5.97 Å². The minimum atomic E-state index is -0.818. The summed E-state index contributed by atoms with van der Waals surface area (Å²) in [6.45, 7) is 0. The van der Waals surface area contributed by atoms with Gasteiger partial charge in [0.1, 0.15) is 0 Å². The average Bonchev–Trinajstić information content (AvgIpc) is 2.41. The molecule has 1 aromatic rings. The van der Waals surface area contributed by atoms with Crippen molar-refractivity contribution in [2.75, 3.05) is 0 Å². The fourth-order valence-electron chi connectivity index (χ4n) is 2.64. The van der Waals surface area contributed by atoms with Crippen LogP contribution in [0.15, 0.2) is 24.3 Å².